The van der Waals surface area contributed by atoms with Gasteiger partial charge in [0, 0.05) is 22.9 Å². The van der Waals surface area contributed by atoms with Gasteiger partial charge < -0.3 is 15.5 Å². The van der Waals surface area contributed by atoms with Crippen molar-refractivity contribution in [3.05, 3.63) is 65.2 Å². The lowest BCUT2D eigenvalue weighted by Crippen LogP contribution is -2.17. The van der Waals surface area contributed by atoms with Crippen molar-refractivity contribution >= 4 is 40.1 Å². The van der Waals surface area contributed by atoms with Crippen LogP contribution in [0.25, 0.3) is 11.0 Å². The maximum absolute atomic E-state index is 13.3. The summed E-state index contributed by atoms with van der Waals surface area (Å²) in [5, 5.41) is 2.98. The third-order valence-corrected chi connectivity index (χ3v) is 3.77. The van der Waals surface area contributed by atoms with E-state index in [9.17, 15) is 14.0 Å². The molecule has 0 atom stereocenters. The molecule has 0 aliphatic carbocycles. The number of halogens is 2. The van der Waals surface area contributed by atoms with Crippen LogP contribution in [0, 0.1) is 5.82 Å². The lowest BCUT2D eigenvalue weighted by atomic mass is 10.1. The number of furan rings is 1. The van der Waals surface area contributed by atoms with Gasteiger partial charge in [-0.15, -0.1) is 11.6 Å². The highest BCUT2D eigenvalue weighted by atomic mass is 35.5. The third-order valence-electron chi connectivity index (χ3n) is 3.46. The molecule has 0 unspecified atom stereocenters. The molecule has 122 valence electrons. The number of alkyl halides is 1. The van der Waals surface area contributed by atoms with Crippen LogP contribution < -0.4 is 11.1 Å². The van der Waals surface area contributed by atoms with Crippen LogP contribution in [0.5, 0.6) is 0 Å². The molecule has 2 amide bonds. The van der Waals surface area contributed by atoms with Crippen LogP contribution in [0.2, 0.25) is 0 Å². The highest BCUT2D eigenvalue weighted by Crippen LogP contribution is 2.31. The fourth-order valence-electron chi connectivity index (χ4n) is 2.35. The summed E-state index contributed by atoms with van der Waals surface area (Å²) in [5.41, 5.74) is 6.65. The summed E-state index contributed by atoms with van der Waals surface area (Å²) in [4.78, 5) is 24.0. The van der Waals surface area contributed by atoms with Crippen LogP contribution in [0.15, 0.2) is 46.9 Å². The van der Waals surface area contributed by atoms with Crippen molar-refractivity contribution in [2.24, 2.45) is 5.73 Å². The average molecular weight is 347 g/mol. The van der Waals surface area contributed by atoms with Crippen LogP contribution in [-0.2, 0) is 5.88 Å². The largest absolute Gasteiger partial charge is 0.449 e. The molecule has 0 saturated heterocycles. The molecule has 0 bridgehead atoms. The Labute approximate surface area is 141 Å². The summed E-state index contributed by atoms with van der Waals surface area (Å²) in [6.45, 7) is 0. The van der Waals surface area contributed by atoms with Gasteiger partial charge in [0.15, 0.2) is 0 Å². The number of fused-ring (bicyclic) bond motifs is 1. The molecule has 3 N–H and O–H groups in total. The number of carbonyl (C=O) groups excluding carboxylic acids is 2. The number of carbonyl (C=O) groups is 2. The molecule has 24 heavy (non-hydrogen) atoms. The number of nitrogens with two attached hydrogens (primary N) is 1. The van der Waals surface area contributed by atoms with E-state index in [-0.39, 0.29) is 22.9 Å². The molecular formula is C17H12ClFN2O3. The minimum atomic E-state index is -0.864. The first-order chi connectivity index (χ1) is 11.5. The van der Waals surface area contributed by atoms with Gasteiger partial charge in [0.1, 0.15) is 17.1 Å². The lowest BCUT2D eigenvalue weighted by Gasteiger charge is -2.06. The maximum atomic E-state index is 13.3. The topological polar surface area (TPSA) is 85.3 Å². The van der Waals surface area contributed by atoms with Crippen LogP contribution in [0.4, 0.5) is 10.1 Å². The zero-order valence-electron chi connectivity index (χ0n) is 12.3. The van der Waals surface area contributed by atoms with E-state index >= 15 is 0 Å². The number of anilines is 1. The minimum Gasteiger partial charge on any atom is -0.449 e. The van der Waals surface area contributed by atoms with Crippen molar-refractivity contribution in [2.75, 3.05) is 5.32 Å². The van der Waals surface area contributed by atoms with Gasteiger partial charge in [-0.1, -0.05) is 12.1 Å². The SMILES string of the molecule is NC(=O)c1oc2cc(F)ccc2c1NC(=O)c1cccc(CCl)c1. The van der Waals surface area contributed by atoms with Gasteiger partial charge in [-0.05, 0) is 29.8 Å². The van der Waals surface area contributed by atoms with E-state index in [4.69, 9.17) is 21.8 Å². The molecule has 0 spiro atoms. The van der Waals surface area contributed by atoms with Crippen LogP contribution >= 0.6 is 11.6 Å². The summed E-state index contributed by atoms with van der Waals surface area (Å²) in [5.74, 6) is -1.83. The third kappa shape index (κ3) is 2.96. The first kappa shape index (κ1) is 16.0. The van der Waals surface area contributed by atoms with Crippen molar-refractivity contribution < 1.29 is 18.4 Å². The van der Waals surface area contributed by atoms with Gasteiger partial charge in [-0.25, -0.2) is 4.39 Å². The number of rotatable bonds is 4. The second-order valence-corrected chi connectivity index (χ2v) is 5.37. The van der Waals surface area contributed by atoms with Crippen molar-refractivity contribution in [2.45, 2.75) is 5.88 Å². The molecule has 1 aromatic heterocycles. The summed E-state index contributed by atoms with van der Waals surface area (Å²) >= 11 is 5.76. The quantitative estimate of drug-likeness (QED) is 0.707. The number of amides is 2. The lowest BCUT2D eigenvalue weighted by molar-refractivity contribution is 0.0977. The standard InChI is InChI=1S/C17H12ClFN2O3/c18-8-9-2-1-3-10(6-9)17(23)21-14-12-5-4-11(19)7-13(12)24-15(14)16(20)22/h1-7H,8H2,(H2,20,22)(H,21,23). The second-order valence-electron chi connectivity index (χ2n) is 5.10. The van der Waals surface area contributed by atoms with Crippen LogP contribution in [0.1, 0.15) is 26.5 Å². The Kier molecular flexibility index (Phi) is 4.22. The minimum absolute atomic E-state index is 0.110. The zero-order chi connectivity index (χ0) is 17.3. The molecule has 0 radical (unpaired) electrons. The summed E-state index contributed by atoms with van der Waals surface area (Å²) in [7, 11) is 0. The molecule has 3 aromatic rings. The van der Waals surface area contributed by atoms with E-state index in [2.05, 4.69) is 5.32 Å². The van der Waals surface area contributed by atoms with Crippen LogP contribution in [-0.4, -0.2) is 11.8 Å². The molecule has 1 heterocycles. The first-order valence-corrected chi connectivity index (χ1v) is 7.51. The summed E-state index contributed by atoms with van der Waals surface area (Å²) < 4.78 is 18.6. The predicted octanol–water partition coefficient (Wildman–Crippen LogP) is 3.66. The van der Waals surface area contributed by atoms with Gasteiger partial charge in [0.2, 0.25) is 5.76 Å². The summed E-state index contributed by atoms with van der Waals surface area (Å²) in [6.07, 6.45) is 0. The first-order valence-electron chi connectivity index (χ1n) is 6.97. The fraction of sp³-hybridized carbons (Fsp3) is 0.0588. The Morgan fingerprint density at radius 2 is 2.00 bits per heavy atom. The van der Waals surface area contributed by atoms with E-state index < -0.39 is 17.6 Å². The normalized spacial score (nSPS) is 10.8. The Hall–Kier alpha value is -2.86. The van der Waals surface area contributed by atoms with Gasteiger partial charge >= 0.3 is 0 Å². The molecular weight excluding hydrogens is 335 g/mol. The monoisotopic (exact) mass is 346 g/mol. The van der Waals surface area contributed by atoms with Gasteiger partial charge in [-0.2, -0.15) is 0 Å². The fourth-order valence-corrected chi connectivity index (χ4v) is 2.52. The number of nitrogens with one attached hydrogen (secondary N) is 1. The molecule has 0 fully saturated rings. The van der Waals surface area contributed by atoms with E-state index in [1.807, 2.05) is 0 Å². The van der Waals surface area contributed by atoms with Gasteiger partial charge in [0.25, 0.3) is 11.8 Å². The van der Waals surface area contributed by atoms with Crippen molar-refractivity contribution in [3.63, 3.8) is 0 Å². The van der Waals surface area contributed by atoms with E-state index in [0.717, 1.165) is 11.6 Å². The molecule has 0 aliphatic rings. The molecule has 5 nitrogen and oxygen atoms in total. The molecule has 0 aliphatic heterocycles. The molecule has 7 heteroatoms. The number of primary amides is 1. The Bertz CT molecular complexity index is 952. The van der Waals surface area contributed by atoms with E-state index in [1.54, 1.807) is 24.3 Å². The van der Waals surface area contributed by atoms with Crippen molar-refractivity contribution in [3.8, 4) is 0 Å². The van der Waals surface area contributed by atoms with Gasteiger partial charge in [-0.3, -0.25) is 9.59 Å². The zero-order valence-corrected chi connectivity index (χ0v) is 13.1. The number of hydrogen-bond acceptors (Lipinski definition) is 3. The summed E-state index contributed by atoms with van der Waals surface area (Å²) in [6, 6.07) is 10.5. The molecule has 0 saturated carbocycles. The molecule has 3 rings (SSSR count). The molecule has 2 aromatic carbocycles. The van der Waals surface area contributed by atoms with E-state index in [0.29, 0.717) is 10.9 Å². The highest BCUT2D eigenvalue weighted by Gasteiger charge is 2.21. The van der Waals surface area contributed by atoms with Crippen molar-refractivity contribution in [1.82, 2.24) is 0 Å². The Morgan fingerprint density at radius 3 is 2.71 bits per heavy atom. The Morgan fingerprint density at radius 1 is 1.21 bits per heavy atom. The highest BCUT2D eigenvalue weighted by molar-refractivity contribution is 6.17. The smallest absolute Gasteiger partial charge is 0.286 e. The van der Waals surface area contributed by atoms with E-state index in [1.165, 1.54) is 12.1 Å². The van der Waals surface area contributed by atoms with Crippen molar-refractivity contribution in [1.29, 1.82) is 0 Å². The second kappa shape index (κ2) is 6.33. The number of hydrogen-bond donors (Lipinski definition) is 2. The Balaban J connectivity index is 2.03. The average Bonchev–Trinajstić information content (AvgIpc) is 2.92. The van der Waals surface area contributed by atoms with Gasteiger partial charge in [0.05, 0.1) is 0 Å². The van der Waals surface area contributed by atoms with Crippen LogP contribution in [0.3, 0.4) is 0 Å². The maximum Gasteiger partial charge on any atom is 0.286 e. The number of benzene rings is 2. The predicted molar refractivity (Wildman–Crippen MR) is 88.6 cm³/mol.